The van der Waals surface area contributed by atoms with E-state index in [4.69, 9.17) is 8.83 Å². The molecule has 0 N–H and O–H groups in total. The molecule has 310 valence electrons. The van der Waals surface area contributed by atoms with Crippen LogP contribution in [0.4, 0.5) is 34.1 Å². The van der Waals surface area contributed by atoms with Crippen LogP contribution in [-0.2, 0) is 0 Å². The van der Waals surface area contributed by atoms with Crippen molar-refractivity contribution in [1.82, 2.24) is 0 Å². The van der Waals surface area contributed by atoms with Crippen LogP contribution < -0.4 is 9.80 Å². The molecule has 0 aliphatic carbocycles. The van der Waals surface area contributed by atoms with Crippen molar-refractivity contribution in [1.29, 1.82) is 0 Å². The zero-order valence-electron chi connectivity index (χ0n) is 35.3. The number of fused-ring (bicyclic) bond motifs is 12. The first-order valence-corrected chi connectivity index (χ1v) is 23.8. The van der Waals surface area contributed by atoms with Gasteiger partial charge in [-0.3, -0.25) is 0 Å². The molecule has 4 aromatic heterocycles. The van der Waals surface area contributed by atoms with Crippen molar-refractivity contribution in [2.45, 2.75) is 0 Å². The van der Waals surface area contributed by atoms with Gasteiger partial charge in [-0.15, -0.1) is 22.7 Å². The molecule has 6 heteroatoms. The molecule has 0 bridgehead atoms. The van der Waals surface area contributed by atoms with E-state index in [0.717, 1.165) is 78.0 Å². The standard InChI is InChI=1S/C60H36N2O2S2/c1-3-13-39(14-4-1)61(41-25-27-46-44-17-7-10-20-53(44)63-55(46)35-41)43-33-51-50-32-38(37-23-29-58-49(31-37)48-19-9-12-22-57(48)65-58)24-30-59(50)66-60(51)52(34-43)62(40-15-5-2-6-16-40)42-26-28-47-45-18-8-11-21-54(45)64-56(47)36-42/h1-36H. The second kappa shape index (κ2) is 14.7. The molecule has 0 radical (unpaired) electrons. The van der Waals surface area contributed by atoms with Crippen molar-refractivity contribution >= 4 is 141 Å². The molecule has 0 amide bonds. The van der Waals surface area contributed by atoms with E-state index in [-0.39, 0.29) is 0 Å². The summed E-state index contributed by atoms with van der Waals surface area (Å²) in [5, 5.41) is 9.42. The first kappa shape index (κ1) is 37.2. The van der Waals surface area contributed by atoms with Crippen molar-refractivity contribution in [3.63, 3.8) is 0 Å². The van der Waals surface area contributed by atoms with Gasteiger partial charge in [0.2, 0.25) is 0 Å². The fraction of sp³-hybridized carbons (Fsp3) is 0. The van der Waals surface area contributed by atoms with Crippen LogP contribution in [-0.4, -0.2) is 0 Å². The molecular weight excluding hydrogens is 845 g/mol. The van der Waals surface area contributed by atoms with Gasteiger partial charge in [0.1, 0.15) is 22.3 Å². The Bertz CT molecular complexity index is 4200. The Balaban J connectivity index is 1.04. The predicted molar refractivity (Wildman–Crippen MR) is 282 cm³/mol. The SMILES string of the molecule is c1ccc(N(c2ccc3c(c2)oc2ccccc23)c2cc(N(c3ccccc3)c3ccc4c(c3)oc3ccccc34)c3sc4ccc(-c5ccc6sc7ccccc7c6c5)cc4c3c2)cc1. The summed E-state index contributed by atoms with van der Waals surface area (Å²) in [5.74, 6) is 0. The highest BCUT2D eigenvalue weighted by Crippen LogP contribution is 2.50. The van der Waals surface area contributed by atoms with E-state index >= 15 is 0 Å². The molecule has 0 aliphatic rings. The van der Waals surface area contributed by atoms with Crippen LogP contribution in [0.25, 0.3) is 95.3 Å². The number of thiophene rings is 2. The van der Waals surface area contributed by atoms with Crippen molar-refractivity contribution < 1.29 is 8.83 Å². The molecule has 0 saturated heterocycles. The highest BCUT2D eigenvalue weighted by molar-refractivity contribution is 7.26. The Morgan fingerprint density at radius 2 is 0.758 bits per heavy atom. The topological polar surface area (TPSA) is 32.8 Å². The van der Waals surface area contributed by atoms with E-state index in [2.05, 4.69) is 204 Å². The van der Waals surface area contributed by atoms with E-state index in [1.165, 1.54) is 51.5 Å². The Morgan fingerprint density at radius 3 is 1.39 bits per heavy atom. The van der Waals surface area contributed by atoms with Crippen LogP contribution in [0, 0.1) is 0 Å². The summed E-state index contributed by atoms with van der Waals surface area (Å²) in [4.78, 5) is 4.76. The van der Waals surface area contributed by atoms with Gasteiger partial charge in [-0.05, 0) is 114 Å². The third-order valence-corrected chi connectivity index (χ3v) is 15.4. The van der Waals surface area contributed by atoms with Crippen LogP contribution in [0.5, 0.6) is 0 Å². The molecular formula is C60H36N2O2S2. The van der Waals surface area contributed by atoms with E-state index < -0.39 is 0 Å². The van der Waals surface area contributed by atoms with Gasteiger partial charge in [0, 0.05) is 97.8 Å². The Labute approximate surface area is 387 Å². The number of anilines is 6. The average molecular weight is 881 g/mol. The molecule has 4 nitrogen and oxygen atoms in total. The summed E-state index contributed by atoms with van der Waals surface area (Å²) in [6.45, 7) is 0. The maximum Gasteiger partial charge on any atom is 0.137 e. The molecule has 0 spiro atoms. The van der Waals surface area contributed by atoms with Gasteiger partial charge in [0.25, 0.3) is 0 Å². The van der Waals surface area contributed by atoms with E-state index in [9.17, 15) is 0 Å². The number of furan rings is 2. The fourth-order valence-electron chi connectivity index (χ4n) is 9.96. The number of para-hydroxylation sites is 4. The first-order chi connectivity index (χ1) is 32.7. The summed E-state index contributed by atoms with van der Waals surface area (Å²) in [6, 6.07) is 78.6. The number of nitrogens with zero attached hydrogens (tertiary/aromatic N) is 2. The number of hydrogen-bond acceptors (Lipinski definition) is 6. The monoisotopic (exact) mass is 880 g/mol. The highest BCUT2D eigenvalue weighted by Gasteiger charge is 2.24. The first-order valence-electron chi connectivity index (χ1n) is 22.1. The molecule has 0 atom stereocenters. The molecule has 0 fully saturated rings. The van der Waals surface area contributed by atoms with Gasteiger partial charge >= 0.3 is 0 Å². The van der Waals surface area contributed by atoms with E-state index in [1.54, 1.807) is 0 Å². The van der Waals surface area contributed by atoms with Crippen LogP contribution in [0.2, 0.25) is 0 Å². The van der Waals surface area contributed by atoms with Crippen LogP contribution in [0.1, 0.15) is 0 Å². The maximum atomic E-state index is 6.54. The summed E-state index contributed by atoms with van der Waals surface area (Å²) in [6.07, 6.45) is 0. The Kier molecular flexibility index (Phi) is 8.29. The van der Waals surface area contributed by atoms with Crippen LogP contribution >= 0.6 is 22.7 Å². The van der Waals surface area contributed by atoms with E-state index in [0.29, 0.717) is 0 Å². The third-order valence-electron chi connectivity index (χ3n) is 13.0. The summed E-state index contributed by atoms with van der Waals surface area (Å²) in [7, 11) is 0. The summed E-state index contributed by atoms with van der Waals surface area (Å²) in [5.41, 5.74) is 12.1. The molecule has 0 aliphatic heterocycles. The van der Waals surface area contributed by atoms with Crippen LogP contribution in [0.15, 0.2) is 227 Å². The smallest absolute Gasteiger partial charge is 0.137 e. The van der Waals surface area contributed by atoms with Gasteiger partial charge in [0.15, 0.2) is 0 Å². The minimum atomic E-state index is 0.849. The third kappa shape index (κ3) is 5.89. The zero-order chi connectivity index (χ0) is 43.3. The van der Waals surface area contributed by atoms with Gasteiger partial charge < -0.3 is 18.6 Å². The Morgan fingerprint density at radius 1 is 0.273 bits per heavy atom. The number of rotatable bonds is 7. The molecule has 0 saturated carbocycles. The summed E-state index contributed by atoms with van der Waals surface area (Å²) < 4.78 is 18.1. The summed E-state index contributed by atoms with van der Waals surface area (Å²) >= 11 is 3.70. The minimum Gasteiger partial charge on any atom is -0.456 e. The van der Waals surface area contributed by atoms with Gasteiger partial charge in [-0.2, -0.15) is 0 Å². The quantitative estimate of drug-likeness (QED) is 0.160. The Hall–Kier alpha value is -8.16. The zero-order valence-corrected chi connectivity index (χ0v) is 36.9. The second-order valence-electron chi connectivity index (χ2n) is 16.9. The lowest BCUT2D eigenvalue weighted by Crippen LogP contribution is -2.13. The van der Waals surface area contributed by atoms with Gasteiger partial charge in [0.05, 0.1) is 10.4 Å². The lowest BCUT2D eigenvalue weighted by atomic mass is 10.00. The average Bonchev–Trinajstić information content (AvgIpc) is 4.14. The van der Waals surface area contributed by atoms with Crippen molar-refractivity contribution in [3.8, 4) is 11.1 Å². The largest absolute Gasteiger partial charge is 0.456 e. The maximum absolute atomic E-state index is 6.54. The molecule has 66 heavy (non-hydrogen) atoms. The molecule has 0 unspecified atom stereocenters. The van der Waals surface area contributed by atoms with Crippen molar-refractivity contribution in [2.75, 3.05) is 9.80 Å². The second-order valence-corrected chi connectivity index (χ2v) is 19.0. The van der Waals surface area contributed by atoms with Crippen LogP contribution in [0.3, 0.4) is 0 Å². The predicted octanol–water partition coefficient (Wildman–Crippen LogP) is 18.8. The molecule has 14 rings (SSSR count). The highest BCUT2D eigenvalue weighted by atomic mass is 32.1. The van der Waals surface area contributed by atoms with Crippen molar-refractivity contribution in [2.24, 2.45) is 0 Å². The van der Waals surface area contributed by atoms with Gasteiger partial charge in [-0.25, -0.2) is 0 Å². The number of hydrogen-bond donors (Lipinski definition) is 0. The molecule has 10 aromatic carbocycles. The minimum absolute atomic E-state index is 0.849. The molecule has 14 aromatic rings. The normalized spacial score (nSPS) is 11.9. The lowest BCUT2D eigenvalue weighted by molar-refractivity contribution is 0.668. The molecule has 4 heterocycles. The lowest BCUT2D eigenvalue weighted by Gasteiger charge is -2.30. The number of benzene rings is 10. The fourth-order valence-corrected chi connectivity index (χ4v) is 12.2. The van der Waals surface area contributed by atoms with E-state index in [1.807, 2.05) is 46.9 Å². The van der Waals surface area contributed by atoms with Crippen molar-refractivity contribution in [3.05, 3.63) is 218 Å². The van der Waals surface area contributed by atoms with Gasteiger partial charge in [-0.1, -0.05) is 103 Å².